The summed E-state index contributed by atoms with van der Waals surface area (Å²) in [7, 11) is 0. The molecule has 1 aromatic rings. The molecule has 0 aliphatic carbocycles. The SMILES string of the molecule is CC(C)(C)OC(O)Nc1co[nH]c1=O. The van der Waals surface area contributed by atoms with E-state index in [4.69, 9.17) is 4.74 Å². The summed E-state index contributed by atoms with van der Waals surface area (Å²) in [5.41, 5.74) is -0.813. The molecular weight excluding hydrogens is 188 g/mol. The average Bonchev–Trinajstić information content (AvgIpc) is 2.32. The van der Waals surface area contributed by atoms with Crippen molar-refractivity contribution in [2.24, 2.45) is 0 Å². The molecule has 3 N–H and O–H groups in total. The van der Waals surface area contributed by atoms with E-state index in [1.165, 1.54) is 0 Å². The van der Waals surface area contributed by atoms with E-state index < -0.39 is 17.6 Å². The lowest BCUT2D eigenvalue weighted by Gasteiger charge is -2.23. The number of aliphatic hydroxyl groups excluding tert-OH is 1. The summed E-state index contributed by atoms with van der Waals surface area (Å²) in [5.74, 6) is 0. The van der Waals surface area contributed by atoms with Crippen LogP contribution in [-0.4, -0.2) is 22.3 Å². The molecule has 14 heavy (non-hydrogen) atoms. The zero-order chi connectivity index (χ0) is 10.8. The van der Waals surface area contributed by atoms with Crippen molar-refractivity contribution in [2.45, 2.75) is 32.8 Å². The van der Waals surface area contributed by atoms with Crippen LogP contribution in [0.4, 0.5) is 5.69 Å². The highest BCUT2D eigenvalue weighted by Gasteiger charge is 2.17. The van der Waals surface area contributed by atoms with Crippen LogP contribution in [0, 0.1) is 0 Å². The van der Waals surface area contributed by atoms with Gasteiger partial charge in [0.1, 0.15) is 12.0 Å². The van der Waals surface area contributed by atoms with E-state index in [1.807, 2.05) is 0 Å². The van der Waals surface area contributed by atoms with Crippen LogP contribution in [0.3, 0.4) is 0 Å². The molecule has 1 rings (SSSR count). The third kappa shape index (κ3) is 3.23. The number of aliphatic hydroxyl groups is 1. The fourth-order valence-electron chi connectivity index (χ4n) is 0.847. The van der Waals surface area contributed by atoms with Gasteiger partial charge in [0.15, 0.2) is 0 Å². The number of aromatic amines is 1. The first-order valence-electron chi connectivity index (χ1n) is 4.17. The molecule has 0 fully saturated rings. The first-order chi connectivity index (χ1) is 6.38. The van der Waals surface area contributed by atoms with Crippen molar-refractivity contribution in [1.29, 1.82) is 0 Å². The van der Waals surface area contributed by atoms with Crippen LogP contribution >= 0.6 is 0 Å². The molecule has 1 heterocycles. The Hall–Kier alpha value is -1.27. The lowest BCUT2D eigenvalue weighted by Crippen LogP contribution is -2.33. The van der Waals surface area contributed by atoms with Crippen LogP contribution < -0.4 is 10.9 Å². The van der Waals surface area contributed by atoms with E-state index in [1.54, 1.807) is 20.8 Å². The summed E-state index contributed by atoms with van der Waals surface area (Å²) >= 11 is 0. The first-order valence-corrected chi connectivity index (χ1v) is 4.17. The van der Waals surface area contributed by atoms with E-state index in [0.717, 1.165) is 6.26 Å². The van der Waals surface area contributed by atoms with Crippen molar-refractivity contribution in [3.63, 3.8) is 0 Å². The third-order valence-electron chi connectivity index (χ3n) is 1.32. The van der Waals surface area contributed by atoms with Crippen LogP contribution in [0.25, 0.3) is 0 Å². The third-order valence-corrected chi connectivity index (χ3v) is 1.32. The van der Waals surface area contributed by atoms with Gasteiger partial charge in [-0.15, -0.1) is 0 Å². The Kier molecular flexibility index (Phi) is 2.97. The number of nitrogens with one attached hydrogen (secondary N) is 2. The van der Waals surface area contributed by atoms with Gasteiger partial charge in [-0.2, -0.15) is 5.16 Å². The predicted molar refractivity (Wildman–Crippen MR) is 49.8 cm³/mol. The van der Waals surface area contributed by atoms with Crippen molar-refractivity contribution in [2.75, 3.05) is 5.32 Å². The van der Waals surface area contributed by atoms with Crippen LogP contribution in [0.5, 0.6) is 0 Å². The standard InChI is InChI=1S/C8H14N2O4/c1-8(2,3)14-7(12)9-5-4-13-10-6(5)11/h4,7,9,12H,1-3H3,(H,10,11). The number of H-pyrrole nitrogens is 1. The Bertz CT molecular complexity index is 336. The van der Waals surface area contributed by atoms with Gasteiger partial charge in [0, 0.05) is 0 Å². The topological polar surface area (TPSA) is 87.5 Å². The number of hydrogen-bond donors (Lipinski definition) is 3. The number of ether oxygens (including phenoxy) is 1. The minimum Gasteiger partial charge on any atom is -0.385 e. The van der Waals surface area contributed by atoms with Crippen LogP contribution in [0.15, 0.2) is 15.6 Å². The Morgan fingerprint density at radius 3 is 2.71 bits per heavy atom. The molecule has 6 nitrogen and oxygen atoms in total. The molecule has 0 saturated heterocycles. The first kappa shape index (κ1) is 10.8. The maximum atomic E-state index is 10.9. The second-order valence-corrected chi connectivity index (χ2v) is 3.81. The summed E-state index contributed by atoms with van der Waals surface area (Å²) in [6, 6.07) is 0. The monoisotopic (exact) mass is 202 g/mol. The van der Waals surface area contributed by atoms with Gasteiger partial charge in [-0.25, -0.2) is 0 Å². The molecule has 1 atom stereocenters. The number of aromatic nitrogens is 1. The summed E-state index contributed by atoms with van der Waals surface area (Å²) in [4.78, 5) is 10.9. The van der Waals surface area contributed by atoms with Gasteiger partial charge in [-0.05, 0) is 20.8 Å². The van der Waals surface area contributed by atoms with Gasteiger partial charge in [0.2, 0.25) is 6.41 Å². The Balaban J connectivity index is 2.54. The number of hydrogen-bond acceptors (Lipinski definition) is 5. The van der Waals surface area contributed by atoms with Crippen LogP contribution in [-0.2, 0) is 4.74 Å². The van der Waals surface area contributed by atoms with Crippen molar-refractivity contribution in [3.05, 3.63) is 16.6 Å². The lowest BCUT2D eigenvalue weighted by molar-refractivity contribution is -0.148. The fraction of sp³-hybridized carbons (Fsp3) is 0.625. The van der Waals surface area contributed by atoms with E-state index in [2.05, 4.69) is 15.0 Å². The molecule has 0 saturated carbocycles. The highest BCUT2D eigenvalue weighted by Crippen LogP contribution is 2.10. The summed E-state index contributed by atoms with van der Waals surface area (Å²) < 4.78 is 9.63. The number of anilines is 1. The van der Waals surface area contributed by atoms with E-state index in [9.17, 15) is 9.90 Å². The van der Waals surface area contributed by atoms with Crippen molar-refractivity contribution in [3.8, 4) is 0 Å². The van der Waals surface area contributed by atoms with E-state index in [-0.39, 0.29) is 5.69 Å². The normalized spacial score (nSPS) is 14.0. The Labute approximate surface area is 80.8 Å². The fourth-order valence-corrected chi connectivity index (χ4v) is 0.847. The van der Waals surface area contributed by atoms with Gasteiger partial charge >= 0.3 is 5.56 Å². The molecule has 0 amide bonds. The van der Waals surface area contributed by atoms with Crippen LogP contribution in [0.1, 0.15) is 20.8 Å². The lowest BCUT2D eigenvalue weighted by atomic mass is 10.2. The second-order valence-electron chi connectivity index (χ2n) is 3.81. The summed E-state index contributed by atoms with van der Waals surface area (Å²) in [6.07, 6.45) is -0.0777. The minimum absolute atomic E-state index is 0.127. The molecule has 0 aliphatic rings. The minimum atomic E-state index is -1.24. The van der Waals surface area contributed by atoms with Gasteiger partial charge in [0.05, 0.1) is 5.60 Å². The molecule has 0 aliphatic heterocycles. The highest BCUT2D eigenvalue weighted by molar-refractivity contribution is 5.36. The zero-order valence-corrected chi connectivity index (χ0v) is 8.33. The van der Waals surface area contributed by atoms with Gasteiger partial charge in [0.25, 0.3) is 0 Å². The van der Waals surface area contributed by atoms with Crippen molar-refractivity contribution >= 4 is 5.69 Å². The van der Waals surface area contributed by atoms with Crippen molar-refractivity contribution in [1.82, 2.24) is 5.16 Å². The van der Waals surface area contributed by atoms with Gasteiger partial charge in [-0.3, -0.25) is 4.79 Å². The molecule has 1 aromatic heterocycles. The molecule has 80 valence electrons. The Morgan fingerprint density at radius 2 is 2.29 bits per heavy atom. The molecule has 0 aromatic carbocycles. The quantitative estimate of drug-likeness (QED) is 0.620. The molecule has 0 radical (unpaired) electrons. The molecule has 0 bridgehead atoms. The molecular formula is C8H14N2O4. The largest absolute Gasteiger partial charge is 0.385 e. The summed E-state index contributed by atoms with van der Waals surface area (Å²) in [5, 5.41) is 13.9. The highest BCUT2D eigenvalue weighted by atomic mass is 16.6. The smallest absolute Gasteiger partial charge is 0.303 e. The predicted octanol–water partition coefficient (Wildman–Crippen LogP) is 0.471. The van der Waals surface area contributed by atoms with E-state index in [0.29, 0.717) is 0 Å². The molecule has 1 unspecified atom stereocenters. The zero-order valence-electron chi connectivity index (χ0n) is 8.33. The van der Waals surface area contributed by atoms with E-state index >= 15 is 0 Å². The second kappa shape index (κ2) is 3.85. The van der Waals surface area contributed by atoms with Gasteiger partial charge < -0.3 is 19.7 Å². The maximum absolute atomic E-state index is 10.9. The van der Waals surface area contributed by atoms with Crippen molar-refractivity contribution < 1.29 is 14.4 Å². The van der Waals surface area contributed by atoms with Crippen LogP contribution in [0.2, 0.25) is 0 Å². The Morgan fingerprint density at radius 1 is 1.64 bits per heavy atom. The number of rotatable bonds is 3. The molecule has 0 spiro atoms. The van der Waals surface area contributed by atoms with Gasteiger partial charge in [-0.1, -0.05) is 0 Å². The maximum Gasteiger partial charge on any atom is 0.303 e. The molecule has 6 heteroatoms. The summed E-state index contributed by atoms with van der Waals surface area (Å²) in [6.45, 7) is 5.37. The average molecular weight is 202 g/mol.